The fraction of sp³-hybridized carbons (Fsp3) is 0.900. The van der Waals surface area contributed by atoms with E-state index < -0.39 is 5.60 Å². The van der Waals surface area contributed by atoms with Crippen LogP contribution in [0.1, 0.15) is 79.6 Å². The van der Waals surface area contributed by atoms with E-state index in [2.05, 4.69) is 34.3 Å². The van der Waals surface area contributed by atoms with Gasteiger partial charge in [0.1, 0.15) is 0 Å². The Bertz CT molecular complexity index is 381. The summed E-state index contributed by atoms with van der Waals surface area (Å²) >= 11 is 0. The molecule has 0 aromatic rings. The van der Waals surface area contributed by atoms with Crippen molar-refractivity contribution in [3.8, 4) is 0 Å². The molecule has 2 rings (SSSR count). The van der Waals surface area contributed by atoms with Crippen LogP contribution in [-0.2, 0) is 0 Å². The summed E-state index contributed by atoms with van der Waals surface area (Å²) in [5, 5.41) is 10.3. The maximum absolute atomic E-state index is 10.3. The van der Waals surface area contributed by atoms with Crippen LogP contribution in [-0.4, -0.2) is 10.7 Å². The summed E-state index contributed by atoms with van der Waals surface area (Å²) in [6.45, 7) is 15.7. The molecule has 0 aromatic heterocycles. The van der Waals surface area contributed by atoms with E-state index in [-0.39, 0.29) is 0 Å². The van der Waals surface area contributed by atoms with Gasteiger partial charge in [0.25, 0.3) is 0 Å². The second kappa shape index (κ2) is 5.72. The van der Waals surface area contributed by atoms with Crippen molar-refractivity contribution in [2.75, 3.05) is 0 Å². The molecule has 1 heteroatoms. The van der Waals surface area contributed by atoms with E-state index in [9.17, 15) is 5.11 Å². The molecule has 1 N–H and O–H groups in total. The van der Waals surface area contributed by atoms with Gasteiger partial charge < -0.3 is 5.11 Å². The van der Waals surface area contributed by atoms with E-state index in [1.54, 1.807) is 6.08 Å². The standard InChI is InChI=1S/C20H36O/c1-7-19(5,21)14-11-16-15(2)9-10-17-18(3,4)12-8-13-20(16,17)6/h7,15-17,21H,1,8-14H2,2-6H3/t15?,16?,17?,19?,20-/m1/s1. The Morgan fingerprint density at radius 1 is 1.24 bits per heavy atom. The van der Waals surface area contributed by atoms with Crippen molar-refractivity contribution in [3.05, 3.63) is 12.7 Å². The van der Waals surface area contributed by atoms with Crippen LogP contribution in [0.4, 0.5) is 0 Å². The SMILES string of the molecule is C=CC(C)(O)CCC1C(C)CCC2C(C)(C)CCC[C@]12C. The molecule has 1 nitrogen and oxygen atoms in total. The lowest BCUT2D eigenvalue weighted by Gasteiger charge is -2.59. The maximum Gasteiger partial charge on any atom is 0.0797 e. The number of aliphatic hydroxyl groups is 1. The molecule has 5 atom stereocenters. The smallest absolute Gasteiger partial charge is 0.0797 e. The third-order valence-electron chi connectivity index (χ3n) is 7.12. The van der Waals surface area contributed by atoms with Crippen molar-refractivity contribution in [3.63, 3.8) is 0 Å². The first-order chi connectivity index (χ1) is 9.62. The van der Waals surface area contributed by atoms with Crippen molar-refractivity contribution < 1.29 is 5.11 Å². The molecule has 2 aliphatic rings. The van der Waals surface area contributed by atoms with Gasteiger partial charge in [-0.25, -0.2) is 0 Å². The van der Waals surface area contributed by atoms with E-state index in [4.69, 9.17) is 0 Å². The van der Waals surface area contributed by atoms with Gasteiger partial charge in [-0.3, -0.25) is 0 Å². The second-order valence-electron chi connectivity index (χ2n) is 9.16. The molecule has 0 heterocycles. The zero-order chi connectivity index (χ0) is 15.9. The predicted molar refractivity (Wildman–Crippen MR) is 91.2 cm³/mol. The molecule has 2 saturated carbocycles. The van der Waals surface area contributed by atoms with Crippen molar-refractivity contribution >= 4 is 0 Å². The third kappa shape index (κ3) is 3.23. The monoisotopic (exact) mass is 292 g/mol. The minimum Gasteiger partial charge on any atom is -0.386 e. The second-order valence-corrected chi connectivity index (χ2v) is 9.16. The summed E-state index contributed by atoms with van der Waals surface area (Å²) < 4.78 is 0. The Hall–Kier alpha value is -0.300. The molecule has 21 heavy (non-hydrogen) atoms. The Morgan fingerprint density at radius 3 is 2.52 bits per heavy atom. The minimum atomic E-state index is -0.701. The van der Waals surface area contributed by atoms with Crippen molar-refractivity contribution in [2.45, 2.75) is 85.2 Å². The van der Waals surface area contributed by atoms with Gasteiger partial charge in [-0.1, -0.05) is 46.6 Å². The number of rotatable bonds is 4. The molecule has 0 aliphatic heterocycles. The van der Waals surface area contributed by atoms with Gasteiger partial charge in [0.15, 0.2) is 0 Å². The first kappa shape index (κ1) is 17.1. The zero-order valence-electron chi connectivity index (χ0n) is 14.9. The fourth-order valence-corrected chi connectivity index (χ4v) is 5.78. The molecule has 0 bridgehead atoms. The summed E-state index contributed by atoms with van der Waals surface area (Å²) in [5.74, 6) is 2.40. The molecule has 0 amide bonds. The number of hydrogen-bond donors (Lipinski definition) is 1. The van der Waals surface area contributed by atoms with Gasteiger partial charge in [-0.2, -0.15) is 0 Å². The number of hydrogen-bond acceptors (Lipinski definition) is 1. The maximum atomic E-state index is 10.3. The molecule has 0 radical (unpaired) electrons. The van der Waals surface area contributed by atoms with Crippen molar-refractivity contribution in [1.82, 2.24) is 0 Å². The summed E-state index contributed by atoms with van der Waals surface area (Å²) in [4.78, 5) is 0. The highest BCUT2D eigenvalue weighted by molar-refractivity contribution is 5.03. The normalized spacial score (nSPS) is 41.9. The quantitative estimate of drug-likeness (QED) is 0.670. The van der Waals surface area contributed by atoms with Crippen molar-refractivity contribution in [1.29, 1.82) is 0 Å². The van der Waals surface area contributed by atoms with Crippen LogP contribution in [0.3, 0.4) is 0 Å². The van der Waals surface area contributed by atoms with Crippen LogP contribution >= 0.6 is 0 Å². The summed E-state index contributed by atoms with van der Waals surface area (Å²) in [6, 6.07) is 0. The molecule has 4 unspecified atom stereocenters. The lowest BCUT2D eigenvalue weighted by molar-refractivity contribution is -0.0999. The van der Waals surface area contributed by atoms with Gasteiger partial charge in [-0.05, 0) is 67.6 Å². The first-order valence-corrected chi connectivity index (χ1v) is 8.98. The average Bonchev–Trinajstić information content (AvgIpc) is 2.36. The molecule has 0 spiro atoms. The van der Waals surface area contributed by atoms with Crippen LogP contribution < -0.4 is 0 Å². The molecule has 0 saturated heterocycles. The Morgan fingerprint density at radius 2 is 1.90 bits per heavy atom. The van der Waals surface area contributed by atoms with Gasteiger partial charge >= 0.3 is 0 Å². The highest BCUT2D eigenvalue weighted by Gasteiger charge is 2.53. The molecular weight excluding hydrogens is 256 g/mol. The van der Waals surface area contributed by atoms with Crippen LogP contribution in [0.5, 0.6) is 0 Å². The Balaban J connectivity index is 2.19. The van der Waals surface area contributed by atoms with E-state index in [0.717, 1.165) is 30.6 Å². The Labute approximate surface area is 132 Å². The lowest BCUT2D eigenvalue weighted by atomic mass is 9.46. The fourth-order valence-electron chi connectivity index (χ4n) is 5.78. The van der Waals surface area contributed by atoms with Gasteiger partial charge in [-0.15, -0.1) is 6.58 Å². The van der Waals surface area contributed by atoms with Gasteiger partial charge in [0.2, 0.25) is 0 Å². The zero-order valence-corrected chi connectivity index (χ0v) is 14.9. The lowest BCUT2D eigenvalue weighted by Crippen LogP contribution is -2.51. The van der Waals surface area contributed by atoms with Crippen LogP contribution in [0.2, 0.25) is 0 Å². The molecular formula is C20H36O. The largest absolute Gasteiger partial charge is 0.386 e. The highest BCUT2D eigenvalue weighted by atomic mass is 16.3. The minimum absolute atomic E-state index is 0.469. The molecule has 122 valence electrons. The molecule has 0 aromatic carbocycles. The Kier molecular flexibility index (Phi) is 4.65. The average molecular weight is 293 g/mol. The predicted octanol–water partition coefficient (Wildman–Crippen LogP) is 5.58. The first-order valence-electron chi connectivity index (χ1n) is 8.98. The van der Waals surface area contributed by atoms with Crippen LogP contribution in [0, 0.1) is 28.6 Å². The third-order valence-corrected chi connectivity index (χ3v) is 7.12. The topological polar surface area (TPSA) is 20.2 Å². The highest BCUT2D eigenvalue weighted by Crippen LogP contribution is 2.62. The molecule has 2 aliphatic carbocycles. The van der Waals surface area contributed by atoms with E-state index in [1.165, 1.54) is 32.1 Å². The van der Waals surface area contributed by atoms with E-state index >= 15 is 0 Å². The van der Waals surface area contributed by atoms with E-state index in [1.807, 2.05) is 6.92 Å². The van der Waals surface area contributed by atoms with Crippen LogP contribution in [0.25, 0.3) is 0 Å². The van der Waals surface area contributed by atoms with Crippen LogP contribution in [0.15, 0.2) is 12.7 Å². The number of fused-ring (bicyclic) bond motifs is 1. The summed E-state index contributed by atoms with van der Waals surface area (Å²) in [6.07, 6.45) is 10.6. The van der Waals surface area contributed by atoms with Gasteiger partial charge in [0, 0.05) is 0 Å². The van der Waals surface area contributed by atoms with Gasteiger partial charge in [0.05, 0.1) is 5.60 Å². The summed E-state index contributed by atoms with van der Waals surface area (Å²) in [7, 11) is 0. The molecule has 2 fully saturated rings. The summed E-state index contributed by atoms with van der Waals surface area (Å²) in [5.41, 5.74) is 0.260. The van der Waals surface area contributed by atoms with E-state index in [0.29, 0.717) is 10.8 Å². The van der Waals surface area contributed by atoms with Crippen molar-refractivity contribution in [2.24, 2.45) is 28.6 Å².